The molecule has 108 valence electrons. The van der Waals surface area contributed by atoms with Crippen LogP contribution in [0.15, 0.2) is 18.2 Å². The van der Waals surface area contributed by atoms with Gasteiger partial charge in [0, 0.05) is 12.6 Å². The van der Waals surface area contributed by atoms with E-state index in [0.29, 0.717) is 12.2 Å². The Kier molecular flexibility index (Phi) is 4.95. The number of carbonyl (C=O) groups excluding carboxylic acids is 2. The van der Waals surface area contributed by atoms with E-state index in [4.69, 9.17) is 16.3 Å². The molecular formula is C14H17ClN2O3. The number of esters is 1. The molecule has 1 fully saturated rings. The van der Waals surface area contributed by atoms with Crippen molar-refractivity contribution in [1.82, 2.24) is 9.88 Å². The molecule has 1 aliphatic heterocycles. The zero-order valence-electron chi connectivity index (χ0n) is 11.3. The lowest BCUT2D eigenvalue weighted by Crippen LogP contribution is -2.45. The summed E-state index contributed by atoms with van der Waals surface area (Å²) in [6, 6.07) is 4.84. The molecule has 0 saturated carbocycles. The van der Waals surface area contributed by atoms with Crippen LogP contribution in [-0.4, -0.2) is 41.5 Å². The predicted octanol–water partition coefficient (Wildman–Crippen LogP) is 2.29. The number of nitrogens with zero attached hydrogens (tertiary/aromatic N) is 2. The van der Waals surface area contributed by atoms with E-state index < -0.39 is 0 Å². The average Bonchev–Trinajstić information content (AvgIpc) is 2.47. The van der Waals surface area contributed by atoms with E-state index in [1.807, 2.05) is 0 Å². The zero-order valence-corrected chi connectivity index (χ0v) is 12.1. The van der Waals surface area contributed by atoms with Gasteiger partial charge in [0.05, 0.1) is 13.5 Å². The lowest BCUT2D eigenvalue weighted by molar-refractivity contribution is -0.142. The van der Waals surface area contributed by atoms with E-state index in [2.05, 4.69) is 4.98 Å². The number of halogens is 1. The van der Waals surface area contributed by atoms with Crippen molar-refractivity contribution in [1.29, 1.82) is 0 Å². The molecule has 1 aromatic heterocycles. The highest BCUT2D eigenvalue weighted by molar-refractivity contribution is 6.29. The molecule has 2 heterocycles. The summed E-state index contributed by atoms with van der Waals surface area (Å²) in [5.41, 5.74) is 0.314. The number of hydrogen-bond donors (Lipinski definition) is 0. The third-order valence-electron chi connectivity index (χ3n) is 3.45. The molecule has 0 radical (unpaired) electrons. The van der Waals surface area contributed by atoms with Crippen LogP contribution in [0.5, 0.6) is 0 Å². The van der Waals surface area contributed by atoms with Crippen molar-refractivity contribution < 1.29 is 14.3 Å². The maximum Gasteiger partial charge on any atom is 0.307 e. The Morgan fingerprint density at radius 3 is 2.95 bits per heavy atom. The van der Waals surface area contributed by atoms with Crippen molar-refractivity contribution in [2.75, 3.05) is 13.7 Å². The van der Waals surface area contributed by atoms with Gasteiger partial charge in [-0.2, -0.15) is 0 Å². The van der Waals surface area contributed by atoms with E-state index in [9.17, 15) is 9.59 Å². The van der Waals surface area contributed by atoms with Gasteiger partial charge in [0.1, 0.15) is 10.8 Å². The standard InChI is InChI=1S/C14H17ClN2O3/c1-20-13(18)9-10-5-2-3-8-17(10)14(19)11-6-4-7-12(15)16-11/h4,6-7,10H,2-3,5,8-9H2,1H3. The Hall–Kier alpha value is -1.62. The Morgan fingerprint density at radius 1 is 1.45 bits per heavy atom. The van der Waals surface area contributed by atoms with Crippen molar-refractivity contribution in [2.45, 2.75) is 31.7 Å². The Bertz CT molecular complexity index is 507. The first-order chi connectivity index (χ1) is 9.61. The Morgan fingerprint density at radius 2 is 2.25 bits per heavy atom. The van der Waals surface area contributed by atoms with E-state index in [1.54, 1.807) is 23.1 Å². The summed E-state index contributed by atoms with van der Waals surface area (Å²) in [6.45, 7) is 0.634. The third kappa shape index (κ3) is 3.48. The fourth-order valence-corrected chi connectivity index (χ4v) is 2.59. The topological polar surface area (TPSA) is 59.5 Å². The molecule has 1 unspecified atom stereocenters. The van der Waals surface area contributed by atoms with E-state index in [0.717, 1.165) is 19.3 Å². The summed E-state index contributed by atoms with van der Waals surface area (Å²) in [4.78, 5) is 29.7. The fraction of sp³-hybridized carbons (Fsp3) is 0.500. The number of piperidine rings is 1. The minimum atomic E-state index is -0.297. The predicted molar refractivity (Wildman–Crippen MR) is 74.6 cm³/mol. The lowest BCUT2D eigenvalue weighted by Gasteiger charge is -2.35. The van der Waals surface area contributed by atoms with Gasteiger partial charge in [-0.05, 0) is 31.4 Å². The van der Waals surface area contributed by atoms with Crippen molar-refractivity contribution >= 4 is 23.5 Å². The van der Waals surface area contributed by atoms with Gasteiger partial charge in [-0.3, -0.25) is 9.59 Å². The molecule has 20 heavy (non-hydrogen) atoms. The van der Waals surface area contributed by atoms with Gasteiger partial charge in [-0.1, -0.05) is 17.7 Å². The molecule has 6 heteroatoms. The minimum absolute atomic E-state index is 0.121. The number of likely N-dealkylation sites (tertiary alicyclic amines) is 1. The van der Waals surface area contributed by atoms with Crippen molar-refractivity contribution in [2.24, 2.45) is 0 Å². The van der Waals surface area contributed by atoms with Gasteiger partial charge in [-0.25, -0.2) is 4.98 Å². The molecule has 0 aromatic carbocycles. The monoisotopic (exact) mass is 296 g/mol. The van der Waals surface area contributed by atoms with Crippen LogP contribution in [-0.2, 0) is 9.53 Å². The quantitative estimate of drug-likeness (QED) is 0.634. The summed E-state index contributed by atoms with van der Waals surface area (Å²) in [5.74, 6) is -0.477. The number of aromatic nitrogens is 1. The van der Waals surface area contributed by atoms with Crippen LogP contribution in [0.2, 0.25) is 5.15 Å². The van der Waals surface area contributed by atoms with E-state index >= 15 is 0 Å². The molecule has 1 atom stereocenters. The van der Waals surface area contributed by atoms with Gasteiger partial charge in [0.25, 0.3) is 5.91 Å². The maximum absolute atomic E-state index is 12.5. The highest BCUT2D eigenvalue weighted by atomic mass is 35.5. The molecule has 5 nitrogen and oxygen atoms in total. The number of methoxy groups -OCH3 is 1. The average molecular weight is 297 g/mol. The first-order valence-electron chi connectivity index (χ1n) is 6.62. The largest absolute Gasteiger partial charge is 0.469 e. The van der Waals surface area contributed by atoms with Gasteiger partial charge < -0.3 is 9.64 Å². The summed E-state index contributed by atoms with van der Waals surface area (Å²) < 4.78 is 4.69. The first kappa shape index (κ1) is 14.8. The molecular weight excluding hydrogens is 280 g/mol. The lowest BCUT2D eigenvalue weighted by atomic mass is 9.99. The molecule has 0 bridgehead atoms. The first-order valence-corrected chi connectivity index (χ1v) is 7.00. The van der Waals surface area contributed by atoms with Crippen LogP contribution >= 0.6 is 11.6 Å². The molecule has 1 saturated heterocycles. The highest BCUT2D eigenvalue weighted by Crippen LogP contribution is 2.22. The smallest absolute Gasteiger partial charge is 0.307 e. The molecule has 1 amide bonds. The van der Waals surface area contributed by atoms with Crippen LogP contribution in [0.3, 0.4) is 0 Å². The molecule has 0 N–H and O–H groups in total. The van der Waals surface area contributed by atoms with Gasteiger partial charge in [-0.15, -0.1) is 0 Å². The van der Waals surface area contributed by atoms with Crippen LogP contribution in [0.1, 0.15) is 36.2 Å². The normalized spacial score (nSPS) is 18.7. The summed E-state index contributed by atoms with van der Waals surface area (Å²) in [6.07, 6.45) is 2.97. The molecule has 1 aliphatic rings. The second kappa shape index (κ2) is 6.70. The Balaban J connectivity index is 2.15. The van der Waals surface area contributed by atoms with E-state index in [-0.39, 0.29) is 29.5 Å². The molecule has 1 aromatic rings. The van der Waals surface area contributed by atoms with Crippen molar-refractivity contribution in [3.63, 3.8) is 0 Å². The second-order valence-electron chi connectivity index (χ2n) is 4.77. The zero-order chi connectivity index (χ0) is 14.5. The van der Waals surface area contributed by atoms with Crippen LogP contribution < -0.4 is 0 Å². The van der Waals surface area contributed by atoms with Crippen LogP contribution in [0.4, 0.5) is 0 Å². The highest BCUT2D eigenvalue weighted by Gasteiger charge is 2.30. The summed E-state index contributed by atoms with van der Waals surface area (Å²) in [7, 11) is 1.36. The summed E-state index contributed by atoms with van der Waals surface area (Å²) in [5, 5.41) is 0.289. The van der Waals surface area contributed by atoms with Gasteiger partial charge in [0.2, 0.25) is 0 Å². The van der Waals surface area contributed by atoms with Crippen molar-refractivity contribution in [3.05, 3.63) is 29.0 Å². The number of carbonyl (C=O) groups is 2. The summed E-state index contributed by atoms with van der Waals surface area (Å²) >= 11 is 5.82. The van der Waals surface area contributed by atoms with Crippen LogP contribution in [0, 0.1) is 0 Å². The minimum Gasteiger partial charge on any atom is -0.469 e. The Labute approximate surface area is 122 Å². The van der Waals surface area contributed by atoms with Gasteiger partial charge in [0.15, 0.2) is 0 Å². The van der Waals surface area contributed by atoms with E-state index in [1.165, 1.54) is 7.11 Å². The molecule has 0 spiro atoms. The fourth-order valence-electron chi connectivity index (χ4n) is 2.43. The SMILES string of the molecule is COC(=O)CC1CCCCN1C(=O)c1cccc(Cl)n1. The maximum atomic E-state index is 12.5. The molecule has 0 aliphatic carbocycles. The number of pyridine rings is 1. The second-order valence-corrected chi connectivity index (χ2v) is 5.16. The van der Waals surface area contributed by atoms with Crippen molar-refractivity contribution in [3.8, 4) is 0 Å². The van der Waals surface area contributed by atoms with Crippen LogP contribution in [0.25, 0.3) is 0 Å². The number of amides is 1. The number of rotatable bonds is 3. The number of hydrogen-bond acceptors (Lipinski definition) is 4. The number of ether oxygens (including phenoxy) is 1. The van der Waals surface area contributed by atoms with Gasteiger partial charge >= 0.3 is 5.97 Å². The molecule has 2 rings (SSSR count). The third-order valence-corrected chi connectivity index (χ3v) is 3.66.